The van der Waals surface area contributed by atoms with Crippen LogP contribution in [0.25, 0.3) is 0 Å². The molecule has 0 N–H and O–H groups in total. The molecule has 5 nitrogen and oxygen atoms in total. The van der Waals surface area contributed by atoms with Crippen LogP contribution in [0.1, 0.15) is 60.6 Å². The third-order valence-electron chi connectivity index (χ3n) is 4.53. The molecular formula is C17H26N4OS. The minimum atomic E-state index is 0.378. The molecule has 1 fully saturated rings. The van der Waals surface area contributed by atoms with Gasteiger partial charge in [0.15, 0.2) is 0 Å². The van der Waals surface area contributed by atoms with Crippen LogP contribution < -0.4 is 4.74 Å². The molecule has 3 rings (SSSR count). The molecule has 1 saturated heterocycles. The Bertz CT molecular complexity index is 676. The lowest BCUT2D eigenvalue weighted by atomic mass is 10.0. The van der Waals surface area contributed by atoms with Gasteiger partial charge in [-0.2, -0.15) is 5.10 Å². The van der Waals surface area contributed by atoms with E-state index in [2.05, 4.69) is 36.1 Å². The largest absolute Gasteiger partial charge is 0.481 e. The van der Waals surface area contributed by atoms with Crippen LogP contribution in [0.15, 0.2) is 5.38 Å². The number of rotatable bonds is 5. The zero-order valence-corrected chi connectivity index (χ0v) is 15.5. The zero-order chi connectivity index (χ0) is 16.6. The minimum absolute atomic E-state index is 0.378. The van der Waals surface area contributed by atoms with Gasteiger partial charge in [-0.25, -0.2) is 9.67 Å². The van der Waals surface area contributed by atoms with Crippen molar-refractivity contribution in [3.63, 3.8) is 0 Å². The lowest BCUT2D eigenvalue weighted by Gasteiger charge is -2.24. The standard InChI is InChI=1S/C17H26N4OS/c1-11(2)16-18-13(10-23-16)9-21-8-6-7-14(21)15-12(3)19-20(4)17(15)22-5/h10-11,14H,6-9H2,1-5H3/t14-/m1/s1. The van der Waals surface area contributed by atoms with Crippen molar-refractivity contribution >= 4 is 11.3 Å². The van der Waals surface area contributed by atoms with E-state index in [0.29, 0.717) is 12.0 Å². The molecule has 0 aromatic carbocycles. The molecule has 0 saturated carbocycles. The molecule has 3 heterocycles. The maximum Gasteiger partial charge on any atom is 0.216 e. The predicted molar refractivity (Wildman–Crippen MR) is 93.1 cm³/mol. The molecule has 0 aliphatic carbocycles. The number of ether oxygens (including phenoxy) is 1. The van der Waals surface area contributed by atoms with Crippen molar-refractivity contribution in [2.24, 2.45) is 7.05 Å². The number of likely N-dealkylation sites (tertiary alicyclic amines) is 1. The predicted octanol–water partition coefficient (Wildman–Crippen LogP) is 3.65. The van der Waals surface area contributed by atoms with Gasteiger partial charge in [-0.15, -0.1) is 11.3 Å². The molecule has 1 aliphatic rings. The van der Waals surface area contributed by atoms with E-state index in [-0.39, 0.29) is 0 Å². The van der Waals surface area contributed by atoms with Crippen LogP contribution in [-0.4, -0.2) is 33.3 Å². The summed E-state index contributed by atoms with van der Waals surface area (Å²) in [5.41, 5.74) is 3.50. The van der Waals surface area contributed by atoms with E-state index < -0.39 is 0 Å². The third kappa shape index (κ3) is 3.15. The first-order valence-corrected chi connectivity index (χ1v) is 9.15. The number of methoxy groups -OCH3 is 1. The topological polar surface area (TPSA) is 43.2 Å². The number of hydrogen-bond acceptors (Lipinski definition) is 5. The van der Waals surface area contributed by atoms with Gasteiger partial charge in [-0.3, -0.25) is 4.90 Å². The summed E-state index contributed by atoms with van der Waals surface area (Å²) in [5.74, 6) is 1.39. The summed E-state index contributed by atoms with van der Waals surface area (Å²) in [5, 5.41) is 7.98. The van der Waals surface area contributed by atoms with Gasteiger partial charge >= 0.3 is 0 Å². The van der Waals surface area contributed by atoms with Gasteiger partial charge in [0.1, 0.15) is 0 Å². The highest BCUT2D eigenvalue weighted by atomic mass is 32.1. The Hall–Kier alpha value is -1.40. The summed E-state index contributed by atoms with van der Waals surface area (Å²) < 4.78 is 7.45. The Balaban J connectivity index is 1.83. The number of nitrogens with zero attached hydrogens (tertiary/aromatic N) is 4. The normalized spacial score (nSPS) is 19.0. The maximum atomic E-state index is 5.60. The molecule has 1 atom stereocenters. The first-order chi connectivity index (χ1) is 11.0. The van der Waals surface area contributed by atoms with Crippen LogP contribution >= 0.6 is 11.3 Å². The van der Waals surface area contributed by atoms with E-state index in [9.17, 15) is 0 Å². The smallest absolute Gasteiger partial charge is 0.216 e. The highest BCUT2D eigenvalue weighted by Gasteiger charge is 2.32. The Morgan fingerprint density at radius 3 is 2.87 bits per heavy atom. The van der Waals surface area contributed by atoms with E-state index in [1.165, 1.54) is 22.7 Å². The fraction of sp³-hybridized carbons (Fsp3) is 0.647. The van der Waals surface area contributed by atoms with Crippen LogP contribution in [0.3, 0.4) is 0 Å². The molecule has 0 amide bonds. The first-order valence-electron chi connectivity index (χ1n) is 8.27. The molecule has 23 heavy (non-hydrogen) atoms. The van der Waals surface area contributed by atoms with E-state index in [1.54, 1.807) is 18.4 Å². The molecule has 2 aromatic rings. The molecule has 1 aliphatic heterocycles. The first kappa shape index (κ1) is 16.5. The summed E-state index contributed by atoms with van der Waals surface area (Å²) in [6, 6.07) is 0.378. The highest BCUT2D eigenvalue weighted by molar-refractivity contribution is 7.09. The monoisotopic (exact) mass is 334 g/mol. The fourth-order valence-electron chi connectivity index (χ4n) is 3.49. The quantitative estimate of drug-likeness (QED) is 0.837. The van der Waals surface area contributed by atoms with Crippen molar-refractivity contribution < 1.29 is 4.74 Å². The second-order valence-electron chi connectivity index (χ2n) is 6.59. The summed E-state index contributed by atoms with van der Waals surface area (Å²) in [7, 11) is 3.68. The Kier molecular flexibility index (Phi) is 4.73. The van der Waals surface area contributed by atoms with Crippen molar-refractivity contribution in [2.45, 2.75) is 52.1 Å². The van der Waals surface area contributed by atoms with Crippen molar-refractivity contribution in [3.8, 4) is 5.88 Å². The van der Waals surface area contributed by atoms with Crippen LogP contribution in [0, 0.1) is 6.92 Å². The number of thiazole rings is 1. The summed E-state index contributed by atoms with van der Waals surface area (Å²) in [6.45, 7) is 8.49. The zero-order valence-electron chi connectivity index (χ0n) is 14.7. The lowest BCUT2D eigenvalue weighted by molar-refractivity contribution is 0.238. The van der Waals surface area contributed by atoms with Crippen molar-refractivity contribution in [2.75, 3.05) is 13.7 Å². The van der Waals surface area contributed by atoms with Gasteiger partial charge in [-0.1, -0.05) is 13.8 Å². The van der Waals surface area contributed by atoms with Gasteiger partial charge in [-0.05, 0) is 26.3 Å². The molecule has 0 spiro atoms. The summed E-state index contributed by atoms with van der Waals surface area (Å²) in [4.78, 5) is 7.32. The third-order valence-corrected chi connectivity index (χ3v) is 5.73. The average Bonchev–Trinajstić information content (AvgIpc) is 3.19. The molecule has 6 heteroatoms. The van der Waals surface area contributed by atoms with E-state index in [4.69, 9.17) is 9.72 Å². The van der Waals surface area contributed by atoms with Gasteiger partial charge < -0.3 is 4.74 Å². The maximum absolute atomic E-state index is 5.60. The van der Waals surface area contributed by atoms with E-state index in [0.717, 1.165) is 31.1 Å². The van der Waals surface area contributed by atoms with Gasteiger partial charge in [0, 0.05) is 30.9 Å². The molecule has 0 unspecified atom stereocenters. The van der Waals surface area contributed by atoms with Crippen molar-refractivity contribution in [1.82, 2.24) is 19.7 Å². The van der Waals surface area contributed by atoms with E-state index in [1.807, 2.05) is 11.7 Å². The van der Waals surface area contributed by atoms with Crippen LogP contribution in [0.5, 0.6) is 5.88 Å². The fourth-order valence-corrected chi connectivity index (χ4v) is 4.32. The van der Waals surface area contributed by atoms with Crippen molar-refractivity contribution in [3.05, 3.63) is 27.3 Å². The van der Waals surface area contributed by atoms with Gasteiger partial charge in [0.05, 0.1) is 29.1 Å². The van der Waals surface area contributed by atoms with E-state index >= 15 is 0 Å². The van der Waals surface area contributed by atoms with Crippen molar-refractivity contribution in [1.29, 1.82) is 0 Å². The number of aryl methyl sites for hydroxylation is 2. The SMILES string of the molecule is COc1c([C@H]2CCCN2Cc2csc(C(C)C)n2)c(C)nn1C. The van der Waals surface area contributed by atoms with Gasteiger partial charge in [0.25, 0.3) is 0 Å². The Morgan fingerprint density at radius 1 is 1.43 bits per heavy atom. The molecule has 126 valence electrons. The van der Waals surface area contributed by atoms with Crippen LogP contribution in [-0.2, 0) is 13.6 Å². The van der Waals surface area contributed by atoms with Gasteiger partial charge in [0.2, 0.25) is 5.88 Å². The summed E-state index contributed by atoms with van der Waals surface area (Å²) >= 11 is 1.77. The second-order valence-corrected chi connectivity index (χ2v) is 7.48. The molecule has 0 radical (unpaired) electrons. The second kappa shape index (κ2) is 6.61. The molecule has 2 aromatic heterocycles. The lowest BCUT2D eigenvalue weighted by Crippen LogP contribution is -2.23. The van der Waals surface area contributed by atoms with Crippen LogP contribution in [0.2, 0.25) is 0 Å². The summed E-state index contributed by atoms with van der Waals surface area (Å²) in [6.07, 6.45) is 2.37. The number of aromatic nitrogens is 3. The Morgan fingerprint density at radius 2 is 2.22 bits per heavy atom. The number of hydrogen-bond donors (Lipinski definition) is 0. The van der Waals surface area contributed by atoms with Crippen LogP contribution in [0.4, 0.5) is 0 Å². The molecular weight excluding hydrogens is 308 g/mol. The minimum Gasteiger partial charge on any atom is -0.481 e. The Labute approximate surface area is 142 Å². The average molecular weight is 334 g/mol. The molecule has 0 bridgehead atoms. The highest BCUT2D eigenvalue weighted by Crippen LogP contribution is 2.39.